The van der Waals surface area contributed by atoms with Gasteiger partial charge in [0.25, 0.3) is 0 Å². The van der Waals surface area contributed by atoms with E-state index >= 15 is 0 Å². The molecular formula is C12H17NO3. The van der Waals surface area contributed by atoms with Crippen molar-refractivity contribution >= 4 is 0 Å². The molecule has 0 atom stereocenters. The van der Waals surface area contributed by atoms with Crippen molar-refractivity contribution in [3.05, 3.63) is 30.5 Å². The van der Waals surface area contributed by atoms with Crippen molar-refractivity contribution in [3.8, 4) is 17.2 Å². The third-order valence-electron chi connectivity index (χ3n) is 2.15. The second kappa shape index (κ2) is 6.02. The topological polar surface area (TPSA) is 53.7 Å². The van der Waals surface area contributed by atoms with Crippen molar-refractivity contribution in [1.29, 1.82) is 0 Å². The number of nitrogens with two attached hydrogens (primary N) is 1. The molecule has 1 aromatic carbocycles. The Morgan fingerprint density at radius 2 is 1.81 bits per heavy atom. The monoisotopic (exact) mass is 223 g/mol. The van der Waals surface area contributed by atoms with Gasteiger partial charge in [0.2, 0.25) is 5.75 Å². The summed E-state index contributed by atoms with van der Waals surface area (Å²) in [5, 5.41) is 0. The Morgan fingerprint density at radius 1 is 1.25 bits per heavy atom. The summed E-state index contributed by atoms with van der Waals surface area (Å²) < 4.78 is 15.7. The molecule has 0 unspecified atom stereocenters. The van der Waals surface area contributed by atoms with Crippen LogP contribution < -0.4 is 19.9 Å². The molecular weight excluding hydrogens is 206 g/mol. The fourth-order valence-electron chi connectivity index (χ4n) is 1.44. The van der Waals surface area contributed by atoms with Gasteiger partial charge in [-0.05, 0) is 30.7 Å². The Morgan fingerprint density at radius 3 is 2.19 bits per heavy atom. The first-order valence-corrected chi connectivity index (χ1v) is 4.99. The zero-order valence-electron chi connectivity index (χ0n) is 9.66. The minimum atomic E-state index is 0.528. The van der Waals surface area contributed by atoms with Crippen molar-refractivity contribution in [3.63, 3.8) is 0 Å². The number of benzene rings is 1. The van der Waals surface area contributed by atoms with Crippen LogP contribution in [0.15, 0.2) is 25.0 Å². The highest BCUT2D eigenvalue weighted by Crippen LogP contribution is 2.38. The van der Waals surface area contributed by atoms with E-state index in [4.69, 9.17) is 19.9 Å². The van der Waals surface area contributed by atoms with Crippen molar-refractivity contribution in [2.45, 2.75) is 6.42 Å². The van der Waals surface area contributed by atoms with E-state index in [0.717, 1.165) is 12.0 Å². The van der Waals surface area contributed by atoms with Gasteiger partial charge in [-0.2, -0.15) is 0 Å². The molecule has 0 aliphatic carbocycles. The van der Waals surface area contributed by atoms with Gasteiger partial charge in [-0.1, -0.05) is 6.58 Å². The Bertz CT molecular complexity index is 338. The van der Waals surface area contributed by atoms with Gasteiger partial charge in [0.05, 0.1) is 20.5 Å². The molecule has 0 aromatic heterocycles. The first kappa shape index (κ1) is 12.4. The lowest BCUT2D eigenvalue weighted by Crippen LogP contribution is -2.04. The van der Waals surface area contributed by atoms with Crippen LogP contribution in [0.25, 0.3) is 0 Å². The Balaban J connectivity index is 3.19. The van der Waals surface area contributed by atoms with Crippen LogP contribution in [0.1, 0.15) is 5.56 Å². The summed E-state index contributed by atoms with van der Waals surface area (Å²) in [6, 6.07) is 3.77. The van der Waals surface area contributed by atoms with E-state index in [9.17, 15) is 0 Å². The number of hydrogen-bond acceptors (Lipinski definition) is 4. The maximum atomic E-state index is 5.51. The molecule has 1 aromatic rings. The number of hydrogen-bond donors (Lipinski definition) is 1. The molecule has 0 aliphatic heterocycles. The minimum absolute atomic E-state index is 0.528. The lowest BCUT2D eigenvalue weighted by Gasteiger charge is -2.13. The molecule has 0 heterocycles. The zero-order chi connectivity index (χ0) is 12.0. The number of ether oxygens (including phenoxy) is 3. The fraction of sp³-hybridized carbons (Fsp3) is 0.333. The molecule has 2 N–H and O–H groups in total. The highest BCUT2D eigenvalue weighted by atomic mass is 16.5. The summed E-state index contributed by atoms with van der Waals surface area (Å²) in [7, 11) is 3.16. The van der Waals surface area contributed by atoms with E-state index in [1.807, 2.05) is 12.1 Å². The first-order valence-electron chi connectivity index (χ1n) is 4.99. The van der Waals surface area contributed by atoms with Crippen LogP contribution in [0, 0.1) is 0 Å². The van der Waals surface area contributed by atoms with Gasteiger partial charge >= 0.3 is 0 Å². The second-order valence-corrected chi connectivity index (χ2v) is 3.15. The van der Waals surface area contributed by atoms with E-state index in [1.165, 1.54) is 6.26 Å². The number of rotatable bonds is 6. The Kier molecular flexibility index (Phi) is 4.66. The average Bonchev–Trinajstić information content (AvgIpc) is 2.31. The summed E-state index contributed by atoms with van der Waals surface area (Å²) in [6.45, 7) is 4.09. The predicted molar refractivity (Wildman–Crippen MR) is 63.1 cm³/mol. The number of methoxy groups -OCH3 is 2. The highest BCUT2D eigenvalue weighted by Gasteiger charge is 2.13. The smallest absolute Gasteiger partial charge is 0.210 e. The molecule has 0 fully saturated rings. The van der Waals surface area contributed by atoms with E-state index in [2.05, 4.69) is 6.58 Å². The lowest BCUT2D eigenvalue weighted by atomic mass is 10.1. The van der Waals surface area contributed by atoms with Crippen molar-refractivity contribution in [2.75, 3.05) is 20.8 Å². The maximum absolute atomic E-state index is 5.51. The van der Waals surface area contributed by atoms with E-state index < -0.39 is 0 Å². The Labute approximate surface area is 95.6 Å². The lowest BCUT2D eigenvalue weighted by molar-refractivity contribution is 0.345. The van der Waals surface area contributed by atoms with Gasteiger partial charge in [-0.25, -0.2) is 0 Å². The fourth-order valence-corrected chi connectivity index (χ4v) is 1.44. The average molecular weight is 223 g/mol. The Hall–Kier alpha value is -1.68. The third-order valence-corrected chi connectivity index (χ3v) is 2.15. The summed E-state index contributed by atoms with van der Waals surface area (Å²) in [6.07, 6.45) is 2.10. The maximum Gasteiger partial charge on any atom is 0.210 e. The third kappa shape index (κ3) is 2.67. The molecule has 88 valence electrons. The SMILES string of the molecule is C=COc1c(OC)cc(CCN)cc1OC. The molecule has 1 rings (SSSR count). The molecule has 4 heteroatoms. The molecule has 4 nitrogen and oxygen atoms in total. The standard InChI is InChI=1S/C12H17NO3/c1-4-16-12-10(14-2)7-9(5-6-13)8-11(12)15-3/h4,7-8H,1,5-6,13H2,2-3H3. The summed E-state index contributed by atoms with van der Waals surface area (Å²) in [4.78, 5) is 0. The van der Waals surface area contributed by atoms with Gasteiger partial charge < -0.3 is 19.9 Å². The summed E-state index contributed by atoms with van der Waals surface area (Å²) in [5.41, 5.74) is 6.56. The van der Waals surface area contributed by atoms with Crippen molar-refractivity contribution in [2.24, 2.45) is 5.73 Å². The molecule has 0 aliphatic rings. The van der Waals surface area contributed by atoms with E-state index in [0.29, 0.717) is 23.8 Å². The minimum Gasteiger partial charge on any atom is -0.493 e. The molecule has 0 radical (unpaired) electrons. The van der Waals surface area contributed by atoms with Crippen molar-refractivity contribution in [1.82, 2.24) is 0 Å². The normalized spacial score (nSPS) is 9.69. The zero-order valence-corrected chi connectivity index (χ0v) is 9.66. The summed E-state index contributed by atoms with van der Waals surface area (Å²) in [5.74, 6) is 1.76. The van der Waals surface area contributed by atoms with Gasteiger partial charge in [0, 0.05) is 0 Å². The van der Waals surface area contributed by atoms with Gasteiger partial charge in [0.15, 0.2) is 11.5 Å². The summed E-state index contributed by atoms with van der Waals surface area (Å²) >= 11 is 0. The van der Waals surface area contributed by atoms with Crippen LogP contribution in [0.5, 0.6) is 17.2 Å². The second-order valence-electron chi connectivity index (χ2n) is 3.15. The van der Waals surface area contributed by atoms with Crippen LogP contribution in [0.3, 0.4) is 0 Å². The van der Waals surface area contributed by atoms with E-state index in [1.54, 1.807) is 14.2 Å². The van der Waals surface area contributed by atoms with Crippen LogP contribution in [0.4, 0.5) is 0 Å². The largest absolute Gasteiger partial charge is 0.493 e. The van der Waals surface area contributed by atoms with Crippen LogP contribution in [-0.4, -0.2) is 20.8 Å². The quantitative estimate of drug-likeness (QED) is 0.746. The van der Waals surface area contributed by atoms with Crippen molar-refractivity contribution < 1.29 is 14.2 Å². The van der Waals surface area contributed by atoms with Gasteiger partial charge in [-0.3, -0.25) is 0 Å². The predicted octanol–water partition coefficient (Wildman–Crippen LogP) is 1.73. The molecule has 0 amide bonds. The van der Waals surface area contributed by atoms with Gasteiger partial charge in [-0.15, -0.1) is 0 Å². The van der Waals surface area contributed by atoms with Gasteiger partial charge in [0.1, 0.15) is 0 Å². The molecule has 0 saturated heterocycles. The first-order chi connectivity index (χ1) is 7.76. The molecule has 0 bridgehead atoms. The van der Waals surface area contributed by atoms with E-state index in [-0.39, 0.29) is 0 Å². The van der Waals surface area contributed by atoms with Crippen LogP contribution in [-0.2, 0) is 6.42 Å². The highest BCUT2D eigenvalue weighted by molar-refractivity contribution is 5.54. The van der Waals surface area contributed by atoms with Crippen LogP contribution in [0.2, 0.25) is 0 Å². The molecule has 0 spiro atoms. The molecule has 16 heavy (non-hydrogen) atoms. The molecule has 0 saturated carbocycles. The van der Waals surface area contributed by atoms with Crippen LogP contribution >= 0.6 is 0 Å².